The fraction of sp³-hybridized carbons (Fsp3) is 0.105. The molecule has 0 bridgehead atoms. The number of anilines is 2. The molecule has 0 heterocycles. The van der Waals surface area contributed by atoms with Gasteiger partial charge < -0.3 is 10.6 Å². The van der Waals surface area contributed by atoms with Gasteiger partial charge in [0.25, 0.3) is 0 Å². The molecule has 0 aliphatic heterocycles. The van der Waals surface area contributed by atoms with E-state index in [1.807, 2.05) is 0 Å². The molecule has 0 unspecified atom stereocenters. The summed E-state index contributed by atoms with van der Waals surface area (Å²) in [6.45, 7) is 2.90. The molecule has 2 rings (SSSR count). The Morgan fingerprint density at radius 3 is 2.17 bits per heavy atom. The summed E-state index contributed by atoms with van der Waals surface area (Å²) in [7, 11) is 0. The highest BCUT2D eigenvalue weighted by molar-refractivity contribution is 6.07. The van der Waals surface area contributed by atoms with Gasteiger partial charge in [0.15, 0.2) is 5.78 Å². The van der Waals surface area contributed by atoms with Gasteiger partial charge in [-0.05, 0) is 42.8 Å². The van der Waals surface area contributed by atoms with Crippen LogP contribution in [-0.2, 0) is 9.59 Å². The summed E-state index contributed by atoms with van der Waals surface area (Å²) in [6.07, 6.45) is 3.05. The lowest BCUT2D eigenvalue weighted by Crippen LogP contribution is -2.11. The lowest BCUT2D eigenvalue weighted by atomic mass is 10.1. The van der Waals surface area contributed by atoms with Crippen LogP contribution in [0.2, 0.25) is 0 Å². The number of rotatable bonds is 5. The van der Waals surface area contributed by atoms with E-state index in [2.05, 4.69) is 10.6 Å². The number of Topliss-reactive ketones (excluding diaryl/α,β-unsaturated/α-hetero) is 1. The first kappa shape index (κ1) is 17.1. The Balaban J connectivity index is 2.03. The second-order valence-electron chi connectivity index (χ2n) is 5.23. The number of carbonyl (C=O) groups is 3. The molecule has 0 saturated heterocycles. The predicted octanol–water partition coefficient (Wildman–Crippen LogP) is 3.50. The zero-order valence-corrected chi connectivity index (χ0v) is 13.5. The Morgan fingerprint density at radius 1 is 0.875 bits per heavy atom. The molecule has 5 nitrogen and oxygen atoms in total. The highest BCUT2D eigenvalue weighted by Crippen LogP contribution is 2.16. The molecule has 0 aliphatic rings. The van der Waals surface area contributed by atoms with Crippen LogP contribution in [0.15, 0.2) is 54.6 Å². The molecule has 0 spiro atoms. The van der Waals surface area contributed by atoms with Crippen molar-refractivity contribution in [3.05, 3.63) is 65.7 Å². The molecule has 0 fully saturated rings. The number of benzene rings is 2. The molecular formula is C19H18N2O3. The molecule has 0 radical (unpaired) electrons. The van der Waals surface area contributed by atoms with E-state index in [0.717, 1.165) is 5.56 Å². The standard InChI is InChI=1S/C19H18N2O3/c1-13(22)17-5-3-4-6-18(17)21-19(24)12-9-15-7-10-16(11-8-15)20-14(2)23/h3-12H,1-2H3,(H,20,23)(H,21,24)/b12-9+. The summed E-state index contributed by atoms with van der Waals surface area (Å²) in [5.74, 6) is -0.570. The highest BCUT2D eigenvalue weighted by atomic mass is 16.2. The number of amides is 2. The Morgan fingerprint density at radius 2 is 1.54 bits per heavy atom. The van der Waals surface area contributed by atoms with E-state index in [0.29, 0.717) is 16.9 Å². The fourth-order valence-electron chi connectivity index (χ4n) is 2.13. The molecule has 0 aromatic heterocycles. The van der Waals surface area contributed by atoms with E-state index in [4.69, 9.17) is 0 Å². The van der Waals surface area contributed by atoms with Crippen LogP contribution in [-0.4, -0.2) is 17.6 Å². The van der Waals surface area contributed by atoms with Crippen LogP contribution in [0, 0.1) is 0 Å². The topological polar surface area (TPSA) is 75.3 Å². The van der Waals surface area contributed by atoms with Gasteiger partial charge in [-0.2, -0.15) is 0 Å². The third-order valence-electron chi connectivity index (χ3n) is 3.22. The molecular weight excluding hydrogens is 304 g/mol. The maximum atomic E-state index is 12.0. The number of hydrogen-bond donors (Lipinski definition) is 2. The van der Waals surface area contributed by atoms with E-state index in [-0.39, 0.29) is 17.6 Å². The van der Waals surface area contributed by atoms with Gasteiger partial charge in [0.05, 0.1) is 5.69 Å². The lowest BCUT2D eigenvalue weighted by Gasteiger charge is -2.06. The van der Waals surface area contributed by atoms with Crippen molar-refractivity contribution in [2.24, 2.45) is 0 Å². The van der Waals surface area contributed by atoms with Crippen molar-refractivity contribution >= 4 is 35.0 Å². The maximum Gasteiger partial charge on any atom is 0.248 e. The number of carbonyl (C=O) groups excluding carboxylic acids is 3. The van der Waals surface area contributed by atoms with Gasteiger partial charge in [-0.3, -0.25) is 14.4 Å². The summed E-state index contributed by atoms with van der Waals surface area (Å²) in [4.78, 5) is 34.5. The number of hydrogen-bond acceptors (Lipinski definition) is 3. The average molecular weight is 322 g/mol. The van der Waals surface area contributed by atoms with Gasteiger partial charge in [0, 0.05) is 24.3 Å². The van der Waals surface area contributed by atoms with Crippen LogP contribution in [0.5, 0.6) is 0 Å². The van der Waals surface area contributed by atoms with E-state index >= 15 is 0 Å². The van der Waals surface area contributed by atoms with Crippen molar-refractivity contribution in [2.45, 2.75) is 13.8 Å². The average Bonchev–Trinajstić information content (AvgIpc) is 2.54. The molecule has 5 heteroatoms. The first-order chi connectivity index (χ1) is 11.5. The molecule has 2 N–H and O–H groups in total. The summed E-state index contributed by atoms with van der Waals surface area (Å²) < 4.78 is 0. The van der Waals surface area contributed by atoms with Crippen LogP contribution >= 0.6 is 0 Å². The molecule has 2 aromatic carbocycles. The second kappa shape index (κ2) is 7.87. The van der Waals surface area contributed by atoms with Crippen molar-refractivity contribution in [1.29, 1.82) is 0 Å². The smallest absolute Gasteiger partial charge is 0.248 e. The molecule has 0 saturated carbocycles. The Labute approximate surface area is 140 Å². The normalized spacial score (nSPS) is 10.4. The molecule has 24 heavy (non-hydrogen) atoms. The van der Waals surface area contributed by atoms with Crippen LogP contribution in [0.4, 0.5) is 11.4 Å². The molecule has 0 aliphatic carbocycles. The Hall–Kier alpha value is -3.21. The van der Waals surface area contributed by atoms with E-state index in [1.54, 1.807) is 54.6 Å². The van der Waals surface area contributed by atoms with Gasteiger partial charge in [-0.1, -0.05) is 24.3 Å². The zero-order valence-electron chi connectivity index (χ0n) is 13.5. The van der Waals surface area contributed by atoms with Crippen molar-refractivity contribution < 1.29 is 14.4 Å². The predicted molar refractivity (Wildman–Crippen MR) is 94.9 cm³/mol. The van der Waals surface area contributed by atoms with Gasteiger partial charge in [0.1, 0.15) is 0 Å². The Kier molecular flexibility index (Phi) is 5.63. The second-order valence-corrected chi connectivity index (χ2v) is 5.23. The molecule has 0 atom stereocenters. The minimum Gasteiger partial charge on any atom is -0.326 e. The highest BCUT2D eigenvalue weighted by Gasteiger charge is 2.07. The van der Waals surface area contributed by atoms with Crippen LogP contribution in [0.1, 0.15) is 29.8 Å². The minimum absolute atomic E-state index is 0.108. The van der Waals surface area contributed by atoms with Gasteiger partial charge in [-0.25, -0.2) is 0 Å². The van der Waals surface area contributed by atoms with E-state index in [1.165, 1.54) is 19.9 Å². The molecule has 2 amide bonds. The SMILES string of the molecule is CC(=O)Nc1ccc(/C=C/C(=O)Nc2ccccc2C(C)=O)cc1. The maximum absolute atomic E-state index is 12.0. The van der Waals surface area contributed by atoms with Crippen LogP contribution in [0.25, 0.3) is 6.08 Å². The quantitative estimate of drug-likeness (QED) is 0.653. The first-order valence-corrected chi connectivity index (χ1v) is 7.42. The first-order valence-electron chi connectivity index (χ1n) is 7.42. The Bertz CT molecular complexity index is 793. The van der Waals surface area contributed by atoms with Crippen molar-refractivity contribution in [1.82, 2.24) is 0 Å². The third kappa shape index (κ3) is 4.91. The summed E-state index contributed by atoms with van der Waals surface area (Å²) >= 11 is 0. The summed E-state index contributed by atoms with van der Waals surface area (Å²) in [5, 5.41) is 5.37. The number of nitrogens with one attached hydrogen (secondary N) is 2. The lowest BCUT2D eigenvalue weighted by molar-refractivity contribution is -0.114. The summed E-state index contributed by atoms with van der Waals surface area (Å²) in [5.41, 5.74) is 2.47. The fourth-order valence-corrected chi connectivity index (χ4v) is 2.13. The van der Waals surface area contributed by atoms with Crippen molar-refractivity contribution in [3.8, 4) is 0 Å². The zero-order chi connectivity index (χ0) is 17.5. The van der Waals surface area contributed by atoms with Crippen LogP contribution < -0.4 is 10.6 Å². The van der Waals surface area contributed by atoms with E-state index in [9.17, 15) is 14.4 Å². The number of para-hydroxylation sites is 1. The van der Waals surface area contributed by atoms with Gasteiger partial charge >= 0.3 is 0 Å². The van der Waals surface area contributed by atoms with Gasteiger partial charge in [0.2, 0.25) is 11.8 Å². The van der Waals surface area contributed by atoms with Gasteiger partial charge in [-0.15, -0.1) is 0 Å². The monoisotopic (exact) mass is 322 g/mol. The van der Waals surface area contributed by atoms with Crippen LogP contribution in [0.3, 0.4) is 0 Å². The molecule has 2 aromatic rings. The molecule has 122 valence electrons. The largest absolute Gasteiger partial charge is 0.326 e. The number of ketones is 1. The van der Waals surface area contributed by atoms with E-state index < -0.39 is 0 Å². The van der Waals surface area contributed by atoms with Crippen molar-refractivity contribution in [2.75, 3.05) is 10.6 Å². The third-order valence-corrected chi connectivity index (χ3v) is 3.22. The summed E-state index contributed by atoms with van der Waals surface area (Å²) in [6, 6.07) is 13.9. The minimum atomic E-state index is -0.324. The van der Waals surface area contributed by atoms with Crippen molar-refractivity contribution in [3.63, 3.8) is 0 Å².